The van der Waals surface area contributed by atoms with Crippen LogP contribution in [-0.4, -0.2) is 26.8 Å². The number of nitrogens with zero attached hydrogens (tertiary/aromatic N) is 1. The number of aliphatic carboxylic acids is 1. The third kappa shape index (κ3) is 4.73. The Morgan fingerprint density at radius 1 is 1.18 bits per heavy atom. The minimum Gasteiger partial charge on any atom is -0.505 e. The van der Waals surface area contributed by atoms with Crippen LogP contribution in [0.5, 0.6) is 5.75 Å². The van der Waals surface area contributed by atoms with Crippen molar-refractivity contribution >= 4 is 29.3 Å². The van der Waals surface area contributed by atoms with Crippen LogP contribution in [0.2, 0.25) is 5.02 Å². The number of pyridine rings is 1. The SMILES string of the molecule is O=C(O)CC(NC(=O)Nc1c(O)c2c(n(Cc3ccccc3Cl)c1=O)CCC2)c1ccco1. The van der Waals surface area contributed by atoms with Gasteiger partial charge in [0, 0.05) is 16.3 Å². The second kappa shape index (κ2) is 9.41. The molecule has 0 radical (unpaired) electrons. The Bertz CT molecular complexity index is 1250. The van der Waals surface area contributed by atoms with Crippen LogP contribution in [0.25, 0.3) is 0 Å². The minimum absolute atomic E-state index is 0.186. The number of rotatable bonds is 7. The van der Waals surface area contributed by atoms with Crippen LogP contribution >= 0.6 is 11.6 Å². The molecular weight excluding hydrogens is 450 g/mol. The molecule has 0 aliphatic heterocycles. The van der Waals surface area contributed by atoms with Crippen LogP contribution in [0.4, 0.5) is 10.5 Å². The first-order valence-electron chi connectivity index (χ1n) is 10.4. The fourth-order valence-corrected chi connectivity index (χ4v) is 4.26. The number of aromatic hydroxyl groups is 1. The van der Waals surface area contributed by atoms with Crippen LogP contribution in [0, 0.1) is 0 Å². The third-order valence-electron chi connectivity index (χ3n) is 5.59. The number of hydrogen-bond acceptors (Lipinski definition) is 5. The van der Waals surface area contributed by atoms with Crippen LogP contribution in [0.3, 0.4) is 0 Å². The molecule has 4 rings (SSSR count). The van der Waals surface area contributed by atoms with Gasteiger partial charge in [-0.2, -0.15) is 0 Å². The number of carboxylic acids is 1. The van der Waals surface area contributed by atoms with E-state index >= 15 is 0 Å². The first-order chi connectivity index (χ1) is 15.8. The number of amides is 2. The molecule has 1 aromatic carbocycles. The first kappa shape index (κ1) is 22.5. The van der Waals surface area contributed by atoms with Crippen LogP contribution in [0.1, 0.15) is 41.5 Å². The Labute approximate surface area is 193 Å². The number of urea groups is 1. The number of benzene rings is 1. The van der Waals surface area contributed by atoms with Gasteiger partial charge in [-0.25, -0.2) is 4.79 Å². The highest BCUT2D eigenvalue weighted by atomic mass is 35.5. The molecule has 0 saturated carbocycles. The number of hydrogen-bond donors (Lipinski definition) is 4. The van der Waals surface area contributed by atoms with Gasteiger partial charge in [-0.15, -0.1) is 0 Å². The van der Waals surface area contributed by atoms with E-state index in [0.29, 0.717) is 29.1 Å². The van der Waals surface area contributed by atoms with Gasteiger partial charge in [-0.3, -0.25) is 9.59 Å². The largest absolute Gasteiger partial charge is 0.505 e. The van der Waals surface area contributed by atoms with Gasteiger partial charge in [0.25, 0.3) is 5.56 Å². The van der Waals surface area contributed by atoms with E-state index in [2.05, 4.69) is 10.6 Å². The molecule has 0 saturated heterocycles. The fourth-order valence-electron chi connectivity index (χ4n) is 4.06. The molecular formula is C23H22ClN3O6. The summed E-state index contributed by atoms with van der Waals surface area (Å²) in [7, 11) is 0. The second-order valence-electron chi connectivity index (χ2n) is 7.75. The summed E-state index contributed by atoms with van der Waals surface area (Å²) in [4.78, 5) is 37.2. The summed E-state index contributed by atoms with van der Waals surface area (Å²) < 4.78 is 6.73. The number of carbonyl (C=O) groups is 2. The van der Waals surface area contributed by atoms with Crippen molar-refractivity contribution in [1.82, 2.24) is 9.88 Å². The Balaban J connectivity index is 1.65. The van der Waals surface area contributed by atoms with Crippen molar-refractivity contribution in [2.45, 2.75) is 38.3 Å². The Hall–Kier alpha value is -3.72. The average molecular weight is 472 g/mol. The molecule has 1 aliphatic rings. The lowest BCUT2D eigenvalue weighted by atomic mass is 10.1. The maximum atomic E-state index is 13.3. The first-order valence-corrected chi connectivity index (χ1v) is 10.8. The lowest BCUT2D eigenvalue weighted by Crippen LogP contribution is -2.36. The molecule has 0 fully saturated rings. The van der Waals surface area contributed by atoms with Crippen molar-refractivity contribution in [3.05, 3.63) is 80.6 Å². The summed E-state index contributed by atoms with van der Waals surface area (Å²) in [6.07, 6.45) is 2.89. The number of nitrogens with one attached hydrogen (secondary N) is 2. The number of furan rings is 1. The average Bonchev–Trinajstić information content (AvgIpc) is 3.47. The number of halogens is 1. The number of anilines is 1. The third-order valence-corrected chi connectivity index (χ3v) is 5.96. The van der Waals surface area contributed by atoms with E-state index in [1.54, 1.807) is 18.2 Å². The zero-order valence-electron chi connectivity index (χ0n) is 17.5. The van der Waals surface area contributed by atoms with Gasteiger partial charge in [0.15, 0.2) is 5.69 Å². The highest BCUT2D eigenvalue weighted by Gasteiger charge is 2.27. The lowest BCUT2D eigenvalue weighted by Gasteiger charge is -2.19. The molecule has 2 aromatic heterocycles. The van der Waals surface area contributed by atoms with E-state index in [4.69, 9.17) is 21.1 Å². The topological polar surface area (TPSA) is 134 Å². The molecule has 1 atom stereocenters. The maximum absolute atomic E-state index is 13.3. The van der Waals surface area contributed by atoms with Crippen molar-refractivity contribution in [3.8, 4) is 5.75 Å². The summed E-state index contributed by atoms with van der Waals surface area (Å²) in [6, 6.07) is 8.46. The Morgan fingerprint density at radius 2 is 1.97 bits per heavy atom. The van der Waals surface area contributed by atoms with Crippen molar-refractivity contribution < 1.29 is 24.2 Å². The van der Waals surface area contributed by atoms with Crippen LogP contribution < -0.4 is 16.2 Å². The summed E-state index contributed by atoms with van der Waals surface area (Å²) >= 11 is 6.28. The highest BCUT2D eigenvalue weighted by molar-refractivity contribution is 6.31. The van der Waals surface area contributed by atoms with Gasteiger partial charge in [0.2, 0.25) is 0 Å². The predicted octanol–water partition coefficient (Wildman–Crippen LogP) is 3.67. The summed E-state index contributed by atoms with van der Waals surface area (Å²) in [5.41, 5.74) is 1.20. The quantitative estimate of drug-likeness (QED) is 0.415. The van der Waals surface area contributed by atoms with Gasteiger partial charge in [-0.1, -0.05) is 29.8 Å². The van der Waals surface area contributed by atoms with E-state index in [1.807, 2.05) is 12.1 Å². The van der Waals surface area contributed by atoms with Gasteiger partial charge in [0.05, 0.1) is 25.3 Å². The van der Waals surface area contributed by atoms with Crippen molar-refractivity contribution in [1.29, 1.82) is 0 Å². The zero-order chi connectivity index (χ0) is 23.5. The highest BCUT2D eigenvalue weighted by Crippen LogP contribution is 2.34. The maximum Gasteiger partial charge on any atom is 0.320 e. The molecule has 10 heteroatoms. The van der Waals surface area contributed by atoms with Crippen LogP contribution in [0.15, 0.2) is 51.9 Å². The zero-order valence-corrected chi connectivity index (χ0v) is 18.3. The molecule has 2 heterocycles. The smallest absolute Gasteiger partial charge is 0.320 e. The monoisotopic (exact) mass is 471 g/mol. The molecule has 172 valence electrons. The van der Waals surface area contributed by atoms with E-state index < -0.39 is 30.0 Å². The molecule has 9 nitrogen and oxygen atoms in total. The van der Waals surface area contributed by atoms with E-state index in [0.717, 1.165) is 12.0 Å². The lowest BCUT2D eigenvalue weighted by molar-refractivity contribution is -0.137. The molecule has 2 amide bonds. The van der Waals surface area contributed by atoms with Gasteiger partial charge in [0.1, 0.15) is 11.5 Å². The molecule has 3 aromatic rings. The summed E-state index contributed by atoms with van der Waals surface area (Å²) in [5, 5.41) is 25.3. The molecule has 0 spiro atoms. The van der Waals surface area contributed by atoms with Gasteiger partial charge < -0.3 is 29.8 Å². The number of fused-ring (bicyclic) bond motifs is 1. The molecule has 1 unspecified atom stereocenters. The fraction of sp³-hybridized carbons (Fsp3) is 0.261. The Morgan fingerprint density at radius 3 is 2.67 bits per heavy atom. The molecule has 1 aliphatic carbocycles. The molecule has 4 N–H and O–H groups in total. The molecule has 0 bridgehead atoms. The Kier molecular flexibility index (Phi) is 6.41. The number of carboxylic acid groups (broad SMARTS) is 1. The standard InChI is InChI=1S/C23H22ClN3O6/c24-15-7-2-1-5-13(15)12-27-17-8-3-6-14(17)21(30)20(22(27)31)26-23(32)25-16(11-19(28)29)18-9-4-10-33-18/h1-2,4-5,7,9-10,16,30H,3,6,8,11-12H2,(H,28,29)(H2,25,26,32). The van der Waals surface area contributed by atoms with Crippen molar-refractivity contribution in [2.24, 2.45) is 0 Å². The van der Waals surface area contributed by atoms with E-state index in [9.17, 15) is 19.5 Å². The van der Waals surface area contributed by atoms with Gasteiger partial charge >= 0.3 is 12.0 Å². The van der Waals surface area contributed by atoms with Crippen molar-refractivity contribution in [2.75, 3.05) is 5.32 Å². The number of aromatic nitrogens is 1. The van der Waals surface area contributed by atoms with Gasteiger partial charge in [-0.05, 0) is 43.0 Å². The predicted molar refractivity (Wildman–Crippen MR) is 121 cm³/mol. The summed E-state index contributed by atoms with van der Waals surface area (Å²) in [6.45, 7) is 0.186. The van der Waals surface area contributed by atoms with Crippen molar-refractivity contribution in [3.63, 3.8) is 0 Å². The van der Waals surface area contributed by atoms with E-state index in [1.165, 1.54) is 16.9 Å². The second-order valence-corrected chi connectivity index (χ2v) is 8.16. The normalized spacial score (nSPS) is 13.4. The number of carbonyl (C=O) groups excluding carboxylic acids is 1. The van der Waals surface area contributed by atoms with E-state index in [-0.39, 0.29) is 23.7 Å². The summed E-state index contributed by atoms with van der Waals surface area (Å²) in [5.74, 6) is -1.16. The molecule has 33 heavy (non-hydrogen) atoms. The van der Waals surface area contributed by atoms with Crippen LogP contribution in [-0.2, 0) is 24.2 Å². The minimum atomic E-state index is -1.14.